The van der Waals surface area contributed by atoms with Crippen LogP contribution in [0.1, 0.15) is 25.3 Å². The van der Waals surface area contributed by atoms with Crippen LogP contribution in [0.4, 0.5) is 0 Å². The summed E-state index contributed by atoms with van der Waals surface area (Å²) in [6.45, 7) is 2.36. The van der Waals surface area contributed by atoms with Crippen molar-refractivity contribution in [1.29, 1.82) is 0 Å². The van der Waals surface area contributed by atoms with E-state index < -0.39 is 0 Å². The van der Waals surface area contributed by atoms with Crippen LogP contribution in [0.25, 0.3) is 10.4 Å². The molecule has 0 atom stereocenters. The largest absolute Gasteiger partial charge is 0.264 e. The van der Waals surface area contributed by atoms with E-state index in [1.807, 2.05) is 29.8 Å². The Balaban J connectivity index is 2.10. The first-order chi connectivity index (χ1) is 7.30. The second-order valence-corrected chi connectivity index (χ2v) is 5.38. The molecule has 1 saturated carbocycles. The Labute approximate surface area is 93.8 Å². The SMILES string of the molecule is CC1(c2ccsc2-c2cccnc2)CC1. The summed E-state index contributed by atoms with van der Waals surface area (Å²) >= 11 is 1.83. The number of rotatable bonds is 2. The molecule has 0 unspecified atom stereocenters. The van der Waals surface area contributed by atoms with Gasteiger partial charge in [0, 0.05) is 22.8 Å². The van der Waals surface area contributed by atoms with Gasteiger partial charge in [0.25, 0.3) is 0 Å². The van der Waals surface area contributed by atoms with Gasteiger partial charge in [0.15, 0.2) is 0 Å². The van der Waals surface area contributed by atoms with Gasteiger partial charge in [-0.25, -0.2) is 0 Å². The number of pyridine rings is 1. The van der Waals surface area contributed by atoms with Gasteiger partial charge in [-0.15, -0.1) is 11.3 Å². The molecular formula is C13H13NS. The summed E-state index contributed by atoms with van der Waals surface area (Å²) in [5.74, 6) is 0. The Morgan fingerprint density at radius 1 is 1.33 bits per heavy atom. The summed E-state index contributed by atoms with van der Waals surface area (Å²) in [4.78, 5) is 5.60. The smallest absolute Gasteiger partial charge is 0.0395 e. The van der Waals surface area contributed by atoms with Crippen LogP contribution in [-0.2, 0) is 5.41 Å². The van der Waals surface area contributed by atoms with Gasteiger partial charge in [-0.1, -0.05) is 13.0 Å². The monoisotopic (exact) mass is 215 g/mol. The van der Waals surface area contributed by atoms with E-state index in [9.17, 15) is 0 Å². The summed E-state index contributed by atoms with van der Waals surface area (Å²) in [6, 6.07) is 6.43. The maximum absolute atomic E-state index is 4.19. The zero-order valence-electron chi connectivity index (χ0n) is 8.73. The molecule has 0 aromatic carbocycles. The Morgan fingerprint density at radius 2 is 2.20 bits per heavy atom. The molecular weight excluding hydrogens is 202 g/mol. The molecule has 0 amide bonds. The molecule has 0 spiro atoms. The van der Waals surface area contributed by atoms with Crippen LogP contribution in [0.3, 0.4) is 0 Å². The highest BCUT2D eigenvalue weighted by Gasteiger charge is 2.41. The Kier molecular flexibility index (Phi) is 1.93. The molecule has 0 aliphatic heterocycles. The number of hydrogen-bond acceptors (Lipinski definition) is 2. The lowest BCUT2D eigenvalue weighted by Gasteiger charge is -2.09. The normalized spacial score (nSPS) is 17.7. The predicted octanol–water partition coefficient (Wildman–Crippen LogP) is 3.86. The van der Waals surface area contributed by atoms with E-state index in [2.05, 4.69) is 29.4 Å². The van der Waals surface area contributed by atoms with Crippen molar-refractivity contribution in [2.45, 2.75) is 25.2 Å². The van der Waals surface area contributed by atoms with E-state index >= 15 is 0 Å². The van der Waals surface area contributed by atoms with E-state index in [0.29, 0.717) is 5.41 Å². The van der Waals surface area contributed by atoms with E-state index in [0.717, 1.165) is 0 Å². The molecule has 1 aliphatic rings. The first-order valence-corrected chi connectivity index (χ1v) is 6.16. The molecule has 2 aromatic rings. The topological polar surface area (TPSA) is 12.9 Å². The lowest BCUT2D eigenvalue weighted by Crippen LogP contribution is -1.98. The first-order valence-electron chi connectivity index (χ1n) is 5.28. The van der Waals surface area contributed by atoms with Crippen LogP contribution in [0.15, 0.2) is 36.0 Å². The van der Waals surface area contributed by atoms with Crippen molar-refractivity contribution >= 4 is 11.3 Å². The van der Waals surface area contributed by atoms with Crippen LogP contribution in [0, 0.1) is 0 Å². The fourth-order valence-corrected chi connectivity index (χ4v) is 3.00. The standard InChI is InChI=1S/C13H13NS/c1-13(5-6-13)11-4-8-15-12(11)10-3-2-7-14-9-10/h2-4,7-9H,5-6H2,1H3. The summed E-state index contributed by atoms with van der Waals surface area (Å²) < 4.78 is 0. The van der Waals surface area contributed by atoms with Gasteiger partial charge < -0.3 is 0 Å². The van der Waals surface area contributed by atoms with Gasteiger partial charge in [0.05, 0.1) is 0 Å². The summed E-state index contributed by atoms with van der Waals surface area (Å²) in [6.07, 6.45) is 6.45. The molecule has 2 heterocycles. The average Bonchev–Trinajstić information content (AvgIpc) is 2.85. The lowest BCUT2D eigenvalue weighted by atomic mass is 9.97. The van der Waals surface area contributed by atoms with E-state index in [1.165, 1.54) is 28.8 Å². The second-order valence-electron chi connectivity index (χ2n) is 4.47. The summed E-state index contributed by atoms with van der Waals surface area (Å²) in [5.41, 5.74) is 3.22. The lowest BCUT2D eigenvalue weighted by molar-refractivity contribution is 0.794. The number of thiophene rings is 1. The Hall–Kier alpha value is -1.15. The Bertz CT molecular complexity index is 468. The van der Waals surface area contributed by atoms with Crippen LogP contribution < -0.4 is 0 Å². The molecule has 1 aliphatic carbocycles. The summed E-state index contributed by atoms with van der Waals surface area (Å²) in [5, 5.41) is 2.20. The van der Waals surface area contributed by atoms with Gasteiger partial charge in [-0.05, 0) is 41.3 Å². The second kappa shape index (κ2) is 3.17. The van der Waals surface area contributed by atoms with E-state index in [1.54, 1.807) is 0 Å². The molecule has 1 fully saturated rings. The van der Waals surface area contributed by atoms with Gasteiger partial charge in [0.2, 0.25) is 0 Å². The van der Waals surface area contributed by atoms with Crippen molar-refractivity contribution in [2.24, 2.45) is 0 Å². The van der Waals surface area contributed by atoms with Crippen LogP contribution in [-0.4, -0.2) is 4.98 Å². The van der Waals surface area contributed by atoms with Crippen LogP contribution in [0.5, 0.6) is 0 Å². The maximum atomic E-state index is 4.19. The summed E-state index contributed by atoms with van der Waals surface area (Å²) in [7, 11) is 0. The minimum Gasteiger partial charge on any atom is -0.264 e. The molecule has 3 rings (SSSR count). The Morgan fingerprint density at radius 3 is 2.87 bits per heavy atom. The van der Waals surface area contributed by atoms with Gasteiger partial charge in [-0.2, -0.15) is 0 Å². The molecule has 76 valence electrons. The number of nitrogens with zero attached hydrogens (tertiary/aromatic N) is 1. The molecule has 0 bridgehead atoms. The third-order valence-electron chi connectivity index (χ3n) is 3.24. The quantitative estimate of drug-likeness (QED) is 0.741. The molecule has 1 nitrogen and oxygen atoms in total. The fourth-order valence-electron chi connectivity index (χ4n) is 1.96. The van der Waals surface area contributed by atoms with Crippen LogP contribution >= 0.6 is 11.3 Å². The zero-order chi connectivity index (χ0) is 10.3. The van der Waals surface area contributed by atoms with E-state index in [4.69, 9.17) is 0 Å². The molecule has 2 aromatic heterocycles. The van der Waals surface area contributed by atoms with Crippen molar-refractivity contribution in [3.8, 4) is 10.4 Å². The molecule has 0 radical (unpaired) electrons. The number of hydrogen-bond donors (Lipinski definition) is 0. The van der Waals surface area contributed by atoms with E-state index in [-0.39, 0.29) is 0 Å². The fraction of sp³-hybridized carbons (Fsp3) is 0.308. The van der Waals surface area contributed by atoms with Crippen molar-refractivity contribution in [2.75, 3.05) is 0 Å². The highest BCUT2D eigenvalue weighted by atomic mass is 32.1. The van der Waals surface area contributed by atoms with Gasteiger partial charge in [-0.3, -0.25) is 4.98 Å². The van der Waals surface area contributed by atoms with Crippen molar-refractivity contribution in [3.05, 3.63) is 41.5 Å². The minimum absolute atomic E-state index is 0.450. The van der Waals surface area contributed by atoms with Gasteiger partial charge >= 0.3 is 0 Å². The first kappa shape index (κ1) is 9.10. The minimum atomic E-state index is 0.450. The van der Waals surface area contributed by atoms with Gasteiger partial charge in [0.1, 0.15) is 0 Å². The highest BCUT2D eigenvalue weighted by Crippen LogP contribution is 2.52. The third kappa shape index (κ3) is 1.49. The molecule has 2 heteroatoms. The van der Waals surface area contributed by atoms with Crippen molar-refractivity contribution in [3.63, 3.8) is 0 Å². The van der Waals surface area contributed by atoms with Crippen molar-refractivity contribution in [1.82, 2.24) is 4.98 Å². The zero-order valence-corrected chi connectivity index (χ0v) is 9.55. The molecule has 0 saturated heterocycles. The molecule has 0 N–H and O–H groups in total. The third-order valence-corrected chi connectivity index (χ3v) is 4.20. The van der Waals surface area contributed by atoms with Crippen molar-refractivity contribution < 1.29 is 0 Å². The van der Waals surface area contributed by atoms with Crippen LogP contribution in [0.2, 0.25) is 0 Å². The maximum Gasteiger partial charge on any atom is 0.0395 e. The average molecular weight is 215 g/mol. The molecule has 15 heavy (non-hydrogen) atoms. The number of aromatic nitrogens is 1. The predicted molar refractivity (Wildman–Crippen MR) is 64.1 cm³/mol. The highest BCUT2D eigenvalue weighted by molar-refractivity contribution is 7.13.